The normalized spacial score (nSPS) is 10.6. The van der Waals surface area contributed by atoms with E-state index in [1.54, 1.807) is 0 Å². The second-order valence-electron chi connectivity index (χ2n) is 4.27. The number of aromatic nitrogens is 1. The second-order valence-corrected chi connectivity index (χ2v) is 5.18. The molecule has 0 saturated carbocycles. The van der Waals surface area contributed by atoms with E-state index in [2.05, 4.69) is 63.5 Å². The molecule has 94 valence electrons. The SMILES string of the molecule is CCCNCc1cncc(-c2ccc(Br)cc2)c1. The van der Waals surface area contributed by atoms with Gasteiger partial charge in [0.2, 0.25) is 0 Å². The molecule has 0 saturated heterocycles. The van der Waals surface area contributed by atoms with Crippen LogP contribution in [0.5, 0.6) is 0 Å². The van der Waals surface area contributed by atoms with Crippen molar-refractivity contribution in [2.75, 3.05) is 6.54 Å². The smallest absolute Gasteiger partial charge is 0.0346 e. The number of rotatable bonds is 5. The summed E-state index contributed by atoms with van der Waals surface area (Å²) in [6, 6.07) is 10.5. The summed E-state index contributed by atoms with van der Waals surface area (Å²) in [5.74, 6) is 0. The highest BCUT2D eigenvalue weighted by Gasteiger charge is 2.00. The first kappa shape index (κ1) is 13.2. The van der Waals surface area contributed by atoms with Crippen LogP contribution in [0, 0.1) is 0 Å². The van der Waals surface area contributed by atoms with Gasteiger partial charge in [-0.3, -0.25) is 4.98 Å². The highest BCUT2D eigenvalue weighted by Crippen LogP contribution is 2.21. The number of hydrogen-bond acceptors (Lipinski definition) is 2. The maximum Gasteiger partial charge on any atom is 0.0346 e. The summed E-state index contributed by atoms with van der Waals surface area (Å²) in [4.78, 5) is 4.31. The minimum atomic E-state index is 0.880. The zero-order valence-corrected chi connectivity index (χ0v) is 12.1. The van der Waals surface area contributed by atoms with Gasteiger partial charge in [0.25, 0.3) is 0 Å². The van der Waals surface area contributed by atoms with Crippen LogP contribution in [0.3, 0.4) is 0 Å². The molecule has 0 amide bonds. The molecule has 1 heterocycles. The Morgan fingerprint density at radius 3 is 2.61 bits per heavy atom. The molecule has 1 aromatic carbocycles. The van der Waals surface area contributed by atoms with Crippen molar-refractivity contribution in [2.24, 2.45) is 0 Å². The number of nitrogens with zero attached hydrogens (tertiary/aromatic N) is 1. The van der Waals surface area contributed by atoms with Gasteiger partial charge >= 0.3 is 0 Å². The molecule has 3 heteroatoms. The summed E-state index contributed by atoms with van der Waals surface area (Å²) in [7, 11) is 0. The number of nitrogens with one attached hydrogen (secondary N) is 1. The van der Waals surface area contributed by atoms with Crippen molar-refractivity contribution in [3.63, 3.8) is 0 Å². The average molecular weight is 305 g/mol. The molecule has 0 unspecified atom stereocenters. The van der Waals surface area contributed by atoms with Crippen LogP contribution in [0.25, 0.3) is 11.1 Å². The monoisotopic (exact) mass is 304 g/mol. The Balaban J connectivity index is 2.13. The second kappa shape index (κ2) is 6.66. The van der Waals surface area contributed by atoms with E-state index < -0.39 is 0 Å². The van der Waals surface area contributed by atoms with Crippen LogP contribution in [0.2, 0.25) is 0 Å². The Morgan fingerprint density at radius 2 is 1.89 bits per heavy atom. The van der Waals surface area contributed by atoms with E-state index in [1.165, 1.54) is 16.7 Å². The maximum absolute atomic E-state index is 4.31. The number of benzene rings is 1. The summed E-state index contributed by atoms with van der Waals surface area (Å²) < 4.78 is 1.10. The Bertz CT molecular complexity index is 494. The van der Waals surface area contributed by atoms with Gasteiger partial charge in [-0.1, -0.05) is 35.0 Å². The van der Waals surface area contributed by atoms with Crippen LogP contribution in [0.15, 0.2) is 47.2 Å². The van der Waals surface area contributed by atoms with Crippen LogP contribution in [-0.4, -0.2) is 11.5 Å². The minimum absolute atomic E-state index is 0.880. The fraction of sp³-hybridized carbons (Fsp3) is 0.267. The first-order valence-electron chi connectivity index (χ1n) is 6.20. The maximum atomic E-state index is 4.31. The van der Waals surface area contributed by atoms with Crippen molar-refractivity contribution in [1.82, 2.24) is 10.3 Å². The van der Waals surface area contributed by atoms with Crippen molar-refractivity contribution in [2.45, 2.75) is 19.9 Å². The lowest BCUT2D eigenvalue weighted by molar-refractivity contribution is 0.674. The van der Waals surface area contributed by atoms with E-state index in [0.717, 1.165) is 24.0 Å². The lowest BCUT2D eigenvalue weighted by atomic mass is 10.1. The van der Waals surface area contributed by atoms with Crippen molar-refractivity contribution < 1.29 is 0 Å². The van der Waals surface area contributed by atoms with Crippen molar-refractivity contribution in [1.29, 1.82) is 0 Å². The van der Waals surface area contributed by atoms with E-state index in [1.807, 2.05) is 12.4 Å². The molecular formula is C15H17BrN2. The molecule has 0 radical (unpaired) electrons. The van der Waals surface area contributed by atoms with Crippen LogP contribution in [0.1, 0.15) is 18.9 Å². The fourth-order valence-corrected chi connectivity index (χ4v) is 2.06. The van der Waals surface area contributed by atoms with E-state index in [4.69, 9.17) is 0 Å². The Labute approximate surface area is 117 Å². The highest BCUT2D eigenvalue weighted by molar-refractivity contribution is 9.10. The summed E-state index contributed by atoms with van der Waals surface area (Å²) in [5, 5.41) is 3.39. The molecule has 0 atom stereocenters. The summed E-state index contributed by atoms with van der Waals surface area (Å²) >= 11 is 3.45. The Kier molecular flexibility index (Phi) is 4.90. The molecule has 2 rings (SSSR count). The lowest BCUT2D eigenvalue weighted by Gasteiger charge is -2.06. The molecule has 1 aromatic heterocycles. The van der Waals surface area contributed by atoms with Gasteiger partial charge in [0.15, 0.2) is 0 Å². The topological polar surface area (TPSA) is 24.9 Å². The molecule has 1 N–H and O–H groups in total. The summed E-state index contributed by atoms with van der Waals surface area (Å²) in [6.07, 6.45) is 4.98. The average Bonchev–Trinajstić information content (AvgIpc) is 2.40. The van der Waals surface area contributed by atoms with E-state index in [0.29, 0.717) is 0 Å². The zero-order chi connectivity index (χ0) is 12.8. The van der Waals surface area contributed by atoms with Gasteiger partial charge < -0.3 is 5.32 Å². The van der Waals surface area contributed by atoms with Gasteiger partial charge in [-0.25, -0.2) is 0 Å². The predicted molar refractivity (Wildman–Crippen MR) is 79.4 cm³/mol. The predicted octanol–water partition coefficient (Wildman–Crippen LogP) is 4.01. The number of hydrogen-bond donors (Lipinski definition) is 1. The molecule has 0 bridgehead atoms. The van der Waals surface area contributed by atoms with Gasteiger partial charge in [-0.2, -0.15) is 0 Å². The van der Waals surface area contributed by atoms with Crippen LogP contribution < -0.4 is 5.32 Å². The zero-order valence-electron chi connectivity index (χ0n) is 10.5. The molecule has 2 aromatic rings. The Morgan fingerprint density at radius 1 is 1.11 bits per heavy atom. The molecule has 0 spiro atoms. The third kappa shape index (κ3) is 3.65. The standard InChI is InChI=1S/C15H17BrN2/c1-2-7-17-9-12-8-14(11-18-10-12)13-3-5-15(16)6-4-13/h3-6,8,10-11,17H,2,7,9H2,1H3. The van der Waals surface area contributed by atoms with Gasteiger partial charge in [-0.15, -0.1) is 0 Å². The third-order valence-corrected chi connectivity index (χ3v) is 3.26. The highest BCUT2D eigenvalue weighted by atomic mass is 79.9. The molecule has 18 heavy (non-hydrogen) atoms. The first-order valence-corrected chi connectivity index (χ1v) is 6.99. The number of pyridine rings is 1. The number of halogens is 1. The van der Waals surface area contributed by atoms with Gasteiger partial charge in [0, 0.05) is 29.0 Å². The fourth-order valence-electron chi connectivity index (χ4n) is 1.79. The summed E-state index contributed by atoms with van der Waals surface area (Å²) in [5.41, 5.74) is 3.59. The van der Waals surface area contributed by atoms with Gasteiger partial charge in [0.05, 0.1) is 0 Å². The van der Waals surface area contributed by atoms with Crippen LogP contribution in [0.4, 0.5) is 0 Å². The molecule has 0 aliphatic rings. The van der Waals surface area contributed by atoms with Crippen LogP contribution in [-0.2, 0) is 6.54 Å². The summed E-state index contributed by atoms with van der Waals surface area (Å²) in [6.45, 7) is 4.09. The van der Waals surface area contributed by atoms with Gasteiger partial charge in [0.1, 0.15) is 0 Å². The quantitative estimate of drug-likeness (QED) is 0.844. The van der Waals surface area contributed by atoms with E-state index in [-0.39, 0.29) is 0 Å². The minimum Gasteiger partial charge on any atom is -0.313 e. The van der Waals surface area contributed by atoms with E-state index in [9.17, 15) is 0 Å². The van der Waals surface area contributed by atoms with Crippen molar-refractivity contribution in [3.05, 3.63) is 52.8 Å². The molecule has 0 fully saturated rings. The van der Waals surface area contributed by atoms with Crippen LogP contribution >= 0.6 is 15.9 Å². The Hall–Kier alpha value is -1.19. The van der Waals surface area contributed by atoms with Crippen molar-refractivity contribution in [3.8, 4) is 11.1 Å². The van der Waals surface area contributed by atoms with Gasteiger partial charge in [-0.05, 0) is 42.3 Å². The largest absolute Gasteiger partial charge is 0.313 e. The van der Waals surface area contributed by atoms with E-state index >= 15 is 0 Å². The van der Waals surface area contributed by atoms with Crippen molar-refractivity contribution >= 4 is 15.9 Å². The lowest BCUT2D eigenvalue weighted by Crippen LogP contribution is -2.13. The molecule has 0 aliphatic heterocycles. The molecular weight excluding hydrogens is 288 g/mol. The first-order chi connectivity index (χ1) is 8.79. The molecule has 0 aliphatic carbocycles. The third-order valence-electron chi connectivity index (χ3n) is 2.73. The molecule has 2 nitrogen and oxygen atoms in total.